The molecule has 0 aromatic carbocycles. The molecule has 262 valence electrons. The van der Waals surface area contributed by atoms with E-state index in [1.165, 1.54) is 167 Å². The fraction of sp³-hybridized carbons (Fsp3) is 0.925. The minimum Gasteiger partial charge on any atom is -0.394 e. The maximum absolute atomic E-state index is 12.3. The standard InChI is InChI=1S/C40H79NO3/c1-3-5-7-9-11-13-15-17-19-20-22-23-25-27-29-31-33-35-39(43)38(37-42)41-40(44)36-34-32-30-28-26-24-21-18-16-14-12-10-8-6-4-2/h18,21,38-39,42-43H,3-17,19-20,22-37H2,1-2H3,(H,41,44)/b21-18-. The van der Waals surface area contributed by atoms with Crippen LogP contribution >= 0.6 is 0 Å². The summed E-state index contributed by atoms with van der Waals surface area (Å²) < 4.78 is 0. The highest BCUT2D eigenvalue weighted by Crippen LogP contribution is 2.16. The molecule has 0 aliphatic heterocycles. The second-order valence-electron chi connectivity index (χ2n) is 13.7. The molecule has 4 nitrogen and oxygen atoms in total. The molecular weight excluding hydrogens is 542 g/mol. The quantitative estimate of drug-likeness (QED) is 0.0481. The minimum absolute atomic E-state index is 0.0388. The number of aliphatic hydroxyl groups excluding tert-OH is 2. The molecule has 4 heteroatoms. The average molecular weight is 622 g/mol. The molecule has 0 rings (SSSR count). The van der Waals surface area contributed by atoms with Gasteiger partial charge in [-0.05, 0) is 38.5 Å². The number of carbonyl (C=O) groups is 1. The Hall–Kier alpha value is -0.870. The van der Waals surface area contributed by atoms with E-state index in [2.05, 4.69) is 31.3 Å². The lowest BCUT2D eigenvalue weighted by atomic mass is 10.0. The Bertz CT molecular complexity index is 593. The number of rotatable bonds is 36. The Balaban J connectivity index is 3.53. The Morgan fingerprint density at radius 2 is 0.864 bits per heavy atom. The number of allylic oxidation sites excluding steroid dienone is 2. The minimum atomic E-state index is -0.658. The molecule has 0 radical (unpaired) electrons. The number of hydrogen-bond donors (Lipinski definition) is 3. The number of aliphatic hydroxyl groups is 2. The molecule has 2 atom stereocenters. The van der Waals surface area contributed by atoms with Gasteiger partial charge >= 0.3 is 0 Å². The van der Waals surface area contributed by atoms with Gasteiger partial charge in [0.05, 0.1) is 18.8 Å². The fourth-order valence-corrected chi connectivity index (χ4v) is 6.18. The van der Waals surface area contributed by atoms with Gasteiger partial charge in [-0.1, -0.05) is 187 Å². The van der Waals surface area contributed by atoms with Crippen LogP contribution in [0.3, 0.4) is 0 Å². The predicted octanol–water partition coefficient (Wildman–Crippen LogP) is 11.9. The summed E-state index contributed by atoms with van der Waals surface area (Å²) in [6.07, 6.45) is 44.1. The van der Waals surface area contributed by atoms with E-state index in [0.717, 1.165) is 25.7 Å². The van der Waals surface area contributed by atoms with Crippen molar-refractivity contribution in [1.82, 2.24) is 5.32 Å². The molecule has 0 saturated carbocycles. The third-order valence-corrected chi connectivity index (χ3v) is 9.28. The highest BCUT2D eigenvalue weighted by atomic mass is 16.3. The summed E-state index contributed by atoms with van der Waals surface area (Å²) in [5, 5.41) is 23.1. The second kappa shape index (κ2) is 36.6. The van der Waals surface area contributed by atoms with Gasteiger partial charge in [-0.15, -0.1) is 0 Å². The van der Waals surface area contributed by atoms with E-state index >= 15 is 0 Å². The van der Waals surface area contributed by atoms with Crippen molar-refractivity contribution in [2.75, 3.05) is 6.61 Å². The topological polar surface area (TPSA) is 69.6 Å². The van der Waals surface area contributed by atoms with Crippen molar-refractivity contribution in [3.05, 3.63) is 12.2 Å². The second-order valence-corrected chi connectivity index (χ2v) is 13.7. The first-order valence-electron chi connectivity index (χ1n) is 19.9. The van der Waals surface area contributed by atoms with E-state index in [4.69, 9.17) is 0 Å². The van der Waals surface area contributed by atoms with E-state index in [-0.39, 0.29) is 12.5 Å². The largest absolute Gasteiger partial charge is 0.394 e. The van der Waals surface area contributed by atoms with E-state index in [9.17, 15) is 15.0 Å². The lowest BCUT2D eigenvalue weighted by Gasteiger charge is -2.22. The molecule has 0 aliphatic rings. The first-order valence-corrected chi connectivity index (χ1v) is 19.9. The van der Waals surface area contributed by atoms with E-state index in [1.807, 2.05) is 0 Å². The number of amides is 1. The average Bonchev–Trinajstić information content (AvgIpc) is 3.03. The fourth-order valence-electron chi connectivity index (χ4n) is 6.18. The number of carbonyl (C=O) groups excluding carboxylic acids is 1. The highest BCUT2D eigenvalue weighted by molar-refractivity contribution is 5.76. The Kier molecular flexibility index (Phi) is 35.9. The molecular formula is C40H79NO3. The Morgan fingerprint density at radius 1 is 0.523 bits per heavy atom. The Labute approximate surface area is 276 Å². The van der Waals surface area contributed by atoms with Gasteiger partial charge < -0.3 is 15.5 Å². The molecule has 44 heavy (non-hydrogen) atoms. The monoisotopic (exact) mass is 622 g/mol. The summed E-state index contributed by atoms with van der Waals surface area (Å²) in [7, 11) is 0. The molecule has 3 N–H and O–H groups in total. The Morgan fingerprint density at radius 3 is 1.25 bits per heavy atom. The predicted molar refractivity (Wildman–Crippen MR) is 193 cm³/mol. The van der Waals surface area contributed by atoms with Crippen LogP contribution in [-0.2, 0) is 4.79 Å². The summed E-state index contributed by atoms with van der Waals surface area (Å²) in [4.78, 5) is 12.3. The first kappa shape index (κ1) is 43.1. The summed E-state index contributed by atoms with van der Waals surface area (Å²) in [6.45, 7) is 4.35. The van der Waals surface area contributed by atoms with Crippen LogP contribution < -0.4 is 5.32 Å². The van der Waals surface area contributed by atoms with E-state index in [1.54, 1.807) is 0 Å². The van der Waals surface area contributed by atoms with Crippen molar-refractivity contribution in [3.8, 4) is 0 Å². The lowest BCUT2D eigenvalue weighted by molar-refractivity contribution is -0.123. The van der Waals surface area contributed by atoms with Crippen molar-refractivity contribution < 1.29 is 15.0 Å². The van der Waals surface area contributed by atoms with Gasteiger partial charge in [0.15, 0.2) is 0 Å². The molecule has 0 bridgehead atoms. The van der Waals surface area contributed by atoms with Gasteiger partial charge in [0.2, 0.25) is 5.91 Å². The van der Waals surface area contributed by atoms with Gasteiger partial charge in [-0.3, -0.25) is 4.79 Å². The third-order valence-electron chi connectivity index (χ3n) is 9.28. The van der Waals surface area contributed by atoms with Crippen molar-refractivity contribution in [3.63, 3.8) is 0 Å². The zero-order valence-corrected chi connectivity index (χ0v) is 29.9. The molecule has 0 aromatic heterocycles. The van der Waals surface area contributed by atoms with Crippen LogP contribution in [0.5, 0.6) is 0 Å². The molecule has 0 aliphatic carbocycles. The van der Waals surface area contributed by atoms with Crippen molar-refractivity contribution >= 4 is 5.91 Å². The van der Waals surface area contributed by atoms with Gasteiger partial charge in [0.25, 0.3) is 0 Å². The number of unbranched alkanes of at least 4 members (excludes halogenated alkanes) is 27. The molecule has 0 fully saturated rings. The van der Waals surface area contributed by atoms with Crippen LogP contribution in [0.25, 0.3) is 0 Å². The van der Waals surface area contributed by atoms with Crippen molar-refractivity contribution in [2.24, 2.45) is 0 Å². The van der Waals surface area contributed by atoms with Crippen LogP contribution in [0.1, 0.15) is 219 Å². The SMILES string of the molecule is CCCCCCCC/C=C\CCCCCCCC(=O)NC(CO)C(O)CCCCCCCCCCCCCCCCCCC. The summed E-state index contributed by atoms with van der Waals surface area (Å²) >= 11 is 0. The summed E-state index contributed by atoms with van der Waals surface area (Å²) in [6, 6.07) is -0.535. The summed E-state index contributed by atoms with van der Waals surface area (Å²) in [5.41, 5.74) is 0. The van der Waals surface area contributed by atoms with E-state index in [0.29, 0.717) is 12.8 Å². The molecule has 0 heterocycles. The van der Waals surface area contributed by atoms with Gasteiger partial charge in [0, 0.05) is 6.42 Å². The lowest BCUT2D eigenvalue weighted by Crippen LogP contribution is -2.45. The van der Waals surface area contributed by atoms with Crippen LogP contribution in [0.15, 0.2) is 12.2 Å². The van der Waals surface area contributed by atoms with Crippen LogP contribution in [0.2, 0.25) is 0 Å². The maximum atomic E-state index is 12.3. The zero-order valence-electron chi connectivity index (χ0n) is 29.9. The van der Waals surface area contributed by atoms with Crippen LogP contribution in [-0.4, -0.2) is 34.9 Å². The highest BCUT2D eigenvalue weighted by Gasteiger charge is 2.19. The number of hydrogen-bond acceptors (Lipinski definition) is 3. The first-order chi connectivity index (χ1) is 21.7. The summed E-state index contributed by atoms with van der Waals surface area (Å²) in [5.74, 6) is -0.0388. The van der Waals surface area contributed by atoms with Gasteiger partial charge in [-0.2, -0.15) is 0 Å². The van der Waals surface area contributed by atoms with Crippen LogP contribution in [0, 0.1) is 0 Å². The van der Waals surface area contributed by atoms with Gasteiger partial charge in [0.1, 0.15) is 0 Å². The van der Waals surface area contributed by atoms with Crippen molar-refractivity contribution in [1.29, 1.82) is 0 Å². The third kappa shape index (κ3) is 32.5. The smallest absolute Gasteiger partial charge is 0.220 e. The number of nitrogens with one attached hydrogen (secondary N) is 1. The molecule has 0 spiro atoms. The normalized spacial score (nSPS) is 13.1. The van der Waals surface area contributed by atoms with Crippen molar-refractivity contribution in [2.45, 2.75) is 231 Å². The maximum Gasteiger partial charge on any atom is 0.220 e. The molecule has 0 saturated heterocycles. The molecule has 0 aromatic rings. The molecule has 2 unspecified atom stereocenters. The molecule has 1 amide bonds. The van der Waals surface area contributed by atoms with Gasteiger partial charge in [-0.25, -0.2) is 0 Å². The zero-order chi connectivity index (χ0) is 32.2. The van der Waals surface area contributed by atoms with E-state index < -0.39 is 12.1 Å². The van der Waals surface area contributed by atoms with Crippen LogP contribution in [0.4, 0.5) is 0 Å².